The molecule has 1 aliphatic heterocycles. The third-order valence-corrected chi connectivity index (χ3v) is 2.16. The van der Waals surface area contributed by atoms with Crippen LogP contribution >= 0.6 is 0 Å². The summed E-state index contributed by atoms with van der Waals surface area (Å²) in [5, 5.41) is 9.59. The molecule has 86 valence electrons. The lowest BCUT2D eigenvalue weighted by Crippen LogP contribution is -2.35. The van der Waals surface area contributed by atoms with Gasteiger partial charge in [0.1, 0.15) is 0 Å². The van der Waals surface area contributed by atoms with Crippen molar-refractivity contribution in [2.24, 2.45) is 0 Å². The number of nitrogens with zero attached hydrogens (tertiary/aromatic N) is 1. The van der Waals surface area contributed by atoms with E-state index in [0.717, 1.165) is 17.2 Å². The Morgan fingerprint density at radius 3 is 2.41 bits per heavy atom. The molecule has 0 atom stereocenters. The maximum absolute atomic E-state index is 11.2. The molecule has 0 fully saturated rings. The number of benzene rings is 1. The standard InChI is InChI=1S/C11H8N2O4/c14-9-4-5-10(15)13(9)12-8-3-1-2-7(6-8)11(16)17/h1-6,12H,(H,16,17). The molecule has 6 heteroatoms. The van der Waals surface area contributed by atoms with E-state index in [2.05, 4.69) is 5.43 Å². The highest BCUT2D eigenvalue weighted by Gasteiger charge is 2.23. The summed E-state index contributed by atoms with van der Waals surface area (Å²) in [6, 6.07) is 5.83. The molecule has 6 nitrogen and oxygen atoms in total. The zero-order valence-corrected chi connectivity index (χ0v) is 8.58. The average molecular weight is 232 g/mol. The fourth-order valence-corrected chi connectivity index (χ4v) is 1.36. The molecule has 2 amide bonds. The predicted molar refractivity (Wildman–Crippen MR) is 58.0 cm³/mol. The summed E-state index contributed by atoms with van der Waals surface area (Å²) in [7, 11) is 0. The molecule has 0 saturated heterocycles. The van der Waals surface area contributed by atoms with Gasteiger partial charge in [0, 0.05) is 12.2 Å². The van der Waals surface area contributed by atoms with E-state index in [0.29, 0.717) is 5.69 Å². The summed E-state index contributed by atoms with van der Waals surface area (Å²) in [5.74, 6) is -2.06. The van der Waals surface area contributed by atoms with Crippen LogP contribution in [0.3, 0.4) is 0 Å². The van der Waals surface area contributed by atoms with Gasteiger partial charge in [0.15, 0.2) is 0 Å². The summed E-state index contributed by atoms with van der Waals surface area (Å²) >= 11 is 0. The first-order chi connectivity index (χ1) is 8.08. The number of hydrazine groups is 1. The molecule has 0 spiro atoms. The van der Waals surface area contributed by atoms with Crippen molar-refractivity contribution >= 4 is 23.5 Å². The molecule has 1 aliphatic rings. The number of hydrogen-bond acceptors (Lipinski definition) is 4. The molecular formula is C11H8N2O4. The van der Waals surface area contributed by atoms with Crippen LogP contribution in [-0.4, -0.2) is 27.9 Å². The van der Waals surface area contributed by atoms with Crippen LogP contribution in [0.4, 0.5) is 5.69 Å². The number of carboxylic acid groups (broad SMARTS) is 1. The van der Waals surface area contributed by atoms with Gasteiger partial charge < -0.3 is 5.11 Å². The molecular weight excluding hydrogens is 224 g/mol. The van der Waals surface area contributed by atoms with Crippen molar-refractivity contribution in [1.82, 2.24) is 5.01 Å². The van der Waals surface area contributed by atoms with Gasteiger partial charge in [0.05, 0.1) is 11.3 Å². The zero-order chi connectivity index (χ0) is 12.4. The van der Waals surface area contributed by atoms with Gasteiger partial charge in [-0.2, -0.15) is 5.01 Å². The number of carboxylic acids is 1. The Bertz CT molecular complexity index is 518. The molecule has 0 unspecified atom stereocenters. The minimum atomic E-state index is -1.08. The van der Waals surface area contributed by atoms with E-state index in [9.17, 15) is 14.4 Å². The number of amides is 2. The van der Waals surface area contributed by atoms with E-state index in [1.807, 2.05) is 0 Å². The summed E-state index contributed by atoms with van der Waals surface area (Å²) in [6.07, 6.45) is 2.27. The van der Waals surface area contributed by atoms with Crippen LogP contribution in [0.2, 0.25) is 0 Å². The monoisotopic (exact) mass is 232 g/mol. The first kappa shape index (κ1) is 10.9. The SMILES string of the molecule is O=C(O)c1cccc(NN2C(=O)C=CC2=O)c1. The maximum Gasteiger partial charge on any atom is 0.335 e. The second-order valence-electron chi connectivity index (χ2n) is 3.34. The number of anilines is 1. The third-order valence-electron chi connectivity index (χ3n) is 2.16. The van der Waals surface area contributed by atoms with Crippen LogP contribution in [0.1, 0.15) is 10.4 Å². The van der Waals surface area contributed by atoms with Crippen molar-refractivity contribution < 1.29 is 19.5 Å². The average Bonchev–Trinajstić information content (AvgIpc) is 2.61. The van der Waals surface area contributed by atoms with Crippen LogP contribution in [0.15, 0.2) is 36.4 Å². The number of carbonyl (C=O) groups is 3. The maximum atomic E-state index is 11.2. The molecule has 17 heavy (non-hydrogen) atoms. The smallest absolute Gasteiger partial charge is 0.335 e. The van der Waals surface area contributed by atoms with Crippen molar-refractivity contribution in [1.29, 1.82) is 0 Å². The Hall–Kier alpha value is -2.63. The van der Waals surface area contributed by atoms with Crippen LogP contribution in [-0.2, 0) is 9.59 Å². The van der Waals surface area contributed by atoms with Gasteiger partial charge >= 0.3 is 5.97 Å². The molecule has 0 aliphatic carbocycles. The highest BCUT2D eigenvalue weighted by Crippen LogP contribution is 2.13. The molecule has 2 N–H and O–H groups in total. The van der Waals surface area contributed by atoms with Gasteiger partial charge in [0.25, 0.3) is 11.8 Å². The van der Waals surface area contributed by atoms with Gasteiger partial charge in [-0.15, -0.1) is 0 Å². The highest BCUT2D eigenvalue weighted by atomic mass is 16.4. The van der Waals surface area contributed by atoms with Gasteiger partial charge in [-0.1, -0.05) is 6.07 Å². The highest BCUT2D eigenvalue weighted by molar-refractivity contribution is 6.13. The number of rotatable bonds is 3. The van der Waals surface area contributed by atoms with E-state index >= 15 is 0 Å². The van der Waals surface area contributed by atoms with Gasteiger partial charge in [-0.25, -0.2) is 4.79 Å². The topological polar surface area (TPSA) is 86.7 Å². The minimum absolute atomic E-state index is 0.0713. The molecule has 1 aromatic carbocycles. The van der Waals surface area contributed by atoms with Crippen molar-refractivity contribution in [2.75, 3.05) is 5.43 Å². The first-order valence-electron chi connectivity index (χ1n) is 4.74. The number of hydrogen-bond donors (Lipinski definition) is 2. The van der Waals surface area contributed by atoms with Crippen LogP contribution in [0.25, 0.3) is 0 Å². The fraction of sp³-hybridized carbons (Fsp3) is 0. The second-order valence-corrected chi connectivity index (χ2v) is 3.34. The van der Waals surface area contributed by atoms with E-state index in [1.54, 1.807) is 6.07 Å². The quantitative estimate of drug-likeness (QED) is 0.746. The number of imide groups is 1. The fourth-order valence-electron chi connectivity index (χ4n) is 1.36. The molecule has 0 radical (unpaired) electrons. The van der Waals surface area contributed by atoms with E-state index in [4.69, 9.17) is 5.11 Å². The Labute approximate surface area is 96.1 Å². The Morgan fingerprint density at radius 1 is 1.18 bits per heavy atom. The Morgan fingerprint density at radius 2 is 1.82 bits per heavy atom. The summed E-state index contributed by atoms with van der Waals surface area (Å²) in [5.41, 5.74) is 2.97. The summed E-state index contributed by atoms with van der Waals surface area (Å²) in [6.45, 7) is 0. The van der Waals surface area contributed by atoms with Crippen molar-refractivity contribution in [3.05, 3.63) is 42.0 Å². The minimum Gasteiger partial charge on any atom is -0.478 e. The third kappa shape index (κ3) is 2.15. The summed E-state index contributed by atoms with van der Waals surface area (Å²) < 4.78 is 0. The lowest BCUT2D eigenvalue weighted by atomic mass is 10.2. The molecule has 0 bridgehead atoms. The normalized spacial score (nSPS) is 14.2. The lowest BCUT2D eigenvalue weighted by molar-refractivity contribution is -0.135. The first-order valence-corrected chi connectivity index (χ1v) is 4.74. The van der Waals surface area contributed by atoms with E-state index < -0.39 is 17.8 Å². The molecule has 0 saturated carbocycles. The second kappa shape index (κ2) is 4.09. The van der Waals surface area contributed by atoms with Crippen LogP contribution in [0.5, 0.6) is 0 Å². The zero-order valence-electron chi connectivity index (χ0n) is 8.58. The molecule has 1 aromatic rings. The largest absolute Gasteiger partial charge is 0.478 e. The van der Waals surface area contributed by atoms with E-state index in [-0.39, 0.29) is 5.56 Å². The van der Waals surface area contributed by atoms with Crippen LogP contribution < -0.4 is 5.43 Å². The van der Waals surface area contributed by atoms with Gasteiger partial charge in [-0.05, 0) is 18.2 Å². The Kier molecular flexibility index (Phi) is 2.61. The van der Waals surface area contributed by atoms with E-state index in [1.165, 1.54) is 18.2 Å². The lowest BCUT2D eigenvalue weighted by Gasteiger charge is -2.16. The van der Waals surface area contributed by atoms with Gasteiger partial charge in [0.2, 0.25) is 0 Å². The van der Waals surface area contributed by atoms with Crippen molar-refractivity contribution in [3.63, 3.8) is 0 Å². The Balaban J connectivity index is 2.19. The molecule has 0 aromatic heterocycles. The predicted octanol–water partition coefficient (Wildman–Crippen LogP) is 0.637. The molecule has 1 heterocycles. The van der Waals surface area contributed by atoms with Crippen molar-refractivity contribution in [3.8, 4) is 0 Å². The van der Waals surface area contributed by atoms with Crippen molar-refractivity contribution in [2.45, 2.75) is 0 Å². The van der Waals surface area contributed by atoms with Gasteiger partial charge in [-0.3, -0.25) is 15.0 Å². The van der Waals surface area contributed by atoms with Crippen LogP contribution in [0, 0.1) is 0 Å². The summed E-state index contributed by atoms with van der Waals surface area (Å²) in [4.78, 5) is 33.2. The number of aromatic carboxylic acids is 1. The number of carbonyl (C=O) groups excluding carboxylic acids is 2. The number of nitrogens with one attached hydrogen (secondary N) is 1. The molecule has 2 rings (SSSR count).